The van der Waals surface area contributed by atoms with Crippen molar-refractivity contribution in [2.45, 2.75) is 57.7 Å². The molecule has 8 nitrogen and oxygen atoms in total. The van der Waals surface area contributed by atoms with E-state index < -0.39 is 17.7 Å². The van der Waals surface area contributed by atoms with Crippen molar-refractivity contribution in [3.8, 4) is 0 Å². The molecule has 3 N–H and O–H groups in total. The Kier molecular flexibility index (Phi) is 6.79. The van der Waals surface area contributed by atoms with E-state index >= 15 is 0 Å². The van der Waals surface area contributed by atoms with Gasteiger partial charge >= 0.3 is 12.1 Å². The molecule has 3 atom stereocenters. The number of benzene rings is 1. The number of H-pyrrole nitrogens is 1. The molecule has 1 fully saturated rings. The van der Waals surface area contributed by atoms with Gasteiger partial charge in [0, 0.05) is 15.9 Å². The van der Waals surface area contributed by atoms with Gasteiger partial charge in [-0.25, -0.2) is 4.79 Å². The second kappa shape index (κ2) is 9.18. The summed E-state index contributed by atoms with van der Waals surface area (Å²) in [6.45, 7) is 5.34. The van der Waals surface area contributed by atoms with Crippen molar-refractivity contribution < 1.29 is 23.9 Å². The smallest absolute Gasteiger partial charge is 0.407 e. The van der Waals surface area contributed by atoms with Crippen LogP contribution in [0.25, 0.3) is 10.9 Å². The first-order chi connectivity index (χ1) is 14.6. The molecule has 1 aromatic heterocycles. The summed E-state index contributed by atoms with van der Waals surface area (Å²) in [7, 11) is 1.34. The van der Waals surface area contributed by atoms with E-state index in [0.717, 1.165) is 10.9 Å². The number of hydrogen-bond donors (Lipinski definition) is 3. The number of methoxy groups -OCH3 is 1. The summed E-state index contributed by atoms with van der Waals surface area (Å²) in [5.74, 6) is -1.01. The Labute approximate surface area is 186 Å². The number of esters is 1. The summed E-state index contributed by atoms with van der Waals surface area (Å²) in [5.41, 5.74) is 0.514. The highest BCUT2D eigenvalue weighted by Crippen LogP contribution is 2.27. The van der Waals surface area contributed by atoms with Crippen LogP contribution in [0.1, 0.15) is 50.5 Å². The Morgan fingerprint density at radius 2 is 1.84 bits per heavy atom. The van der Waals surface area contributed by atoms with Crippen LogP contribution in [0.5, 0.6) is 0 Å². The number of carbonyl (C=O) groups is 3. The number of alkyl carbamates (subject to hydrolysis) is 1. The zero-order valence-corrected chi connectivity index (χ0v) is 18.8. The van der Waals surface area contributed by atoms with Crippen molar-refractivity contribution in [1.29, 1.82) is 0 Å². The number of nitrogens with one attached hydrogen (secondary N) is 3. The maximum atomic E-state index is 12.9. The van der Waals surface area contributed by atoms with Gasteiger partial charge in [-0.05, 0) is 64.3 Å². The van der Waals surface area contributed by atoms with Crippen molar-refractivity contribution in [3.05, 3.63) is 35.0 Å². The van der Waals surface area contributed by atoms with Crippen LogP contribution >= 0.6 is 11.6 Å². The van der Waals surface area contributed by atoms with E-state index in [2.05, 4.69) is 15.6 Å². The lowest BCUT2D eigenvalue weighted by Crippen LogP contribution is -2.56. The van der Waals surface area contributed by atoms with Gasteiger partial charge < -0.3 is 25.1 Å². The molecule has 31 heavy (non-hydrogen) atoms. The summed E-state index contributed by atoms with van der Waals surface area (Å²) in [5, 5.41) is 7.19. The molecule has 2 amide bonds. The fourth-order valence-electron chi connectivity index (χ4n) is 3.81. The Morgan fingerprint density at radius 1 is 1.10 bits per heavy atom. The lowest BCUT2D eigenvalue weighted by molar-refractivity contribution is -0.146. The van der Waals surface area contributed by atoms with Crippen LogP contribution in [-0.2, 0) is 14.3 Å². The Hall–Kier alpha value is -2.74. The first-order valence-electron chi connectivity index (χ1n) is 10.2. The van der Waals surface area contributed by atoms with Crippen molar-refractivity contribution in [2.24, 2.45) is 5.92 Å². The molecule has 9 heteroatoms. The molecule has 168 valence electrons. The van der Waals surface area contributed by atoms with E-state index in [1.807, 2.05) is 0 Å². The van der Waals surface area contributed by atoms with Crippen LogP contribution in [0.2, 0.25) is 5.02 Å². The van der Waals surface area contributed by atoms with Gasteiger partial charge in [0.25, 0.3) is 5.91 Å². The summed E-state index contributed by atoms with van der Waals surface area (Å²) in [6.07, 6.45) is 0.843. The molecule has 0 radical (unpaired) electrons. The van der Waals surface area contributed by atoms with Gasteiger partial charge in [-0.2, -0.15) is 0 Å². The second-order valence-corrected chi connectivity index (χ2v) is 9.22. The molecular weight excluding hydrogens is 422 g/mol. The molecule has 0 bridgehead atoms. The molecular formula is C22H28ClN3O5. The van der Waals surface area contributed by atoms with E-state index in [9.17, 15) is 14.4 Å². The van der Waals surface area contributed by atoms with E-state index in [1.165, 1.54) is 7.11 Å². The number of rotatable bonds is 4. The molecule has 0 saturated heterocycles. The lowest BCUT2D eigenvalue weighted by Gasteiger charge is -2.36. The van der Waals surface area contributed by atoms with Crippen LogP contribution in [-0.4, -0.2) is 47.7 Å². The maximum Gasteiger partial charge on any atom is 0.407 e. The number of aromatic amines is 1. The summed E-state index contributed by atoms with van der Waals surface area (Å²) >= 11 is 6.03. The maximum absolute atomic E-state index is 12.9. The molecule has 1 heterocycles. The van der Waals surface area contributed by atoms with E-state index in [-0.39, 0.29) is 23.8 Å². The number of aromatic nitrogens is 1. The standard InChI is InChI=1S/C22H28ClN3O5/c1-22(2,3)31-21(29)26-16-7-5-12(20(28)30-4)10-17(16)25-19(27)18-11-13-9-14(23)6-8-15(13)24-18/h6,8-9,11-12,16-17,24H,5,7,10H2,1-4H3,(H,25,27)(H,26,29)/t12-,16+,17-/m1/s1. The first kappa shape index (κ1) is 22.9. The molecule has 0 aliphatic heterocycles. The Bertz CT molecular complexity index is 981. The van der Waals surface area contributed by atoms with Crippen molar-refractivity contribution in [2.75, 3.05) is 7.11 Å². The average Bonchev–Trinajstić information content (AvgIpc) is 3.10. The van der Waals surface area contributed by atoms with Crippen molar-refractivity contribution in [3.63, 3.8) is 0 Å². The molecule has 3 rings (SSSR count). The number of carbonyl (C=O) groups excluding carboxylic acids is 3. The molecule has 2 aromatic rings. The molecule has 0 unspecified atom stereocenters. The second-order valence-electron chi connectivity index (χ2n) is 8.78. The number of amides is 2. The van der Waals surface area contributed by atoms with Gasteiger partial charge in [0.15, 0.2) is 0 Å². The van der Waals surface area contributed by atoms with Crippen LogP contribution in [0.15, 0.2) is 24.3 Å². The molecule has 1 aliphatic rings. The highest BCUT2D eigenvalue weighted by Gasteiger charge is 2.37. The van der Waals surface area contributed by atoms with Gasteiger partial charge in [0.2, 0.25) is 0 Å². The molecule has 1 saturated carbocycles. The van der Waals surface area contributed by atoms with E-state index in [0.29, 0.717) is 30.0 Å². The van der Waals surface area contributed by atoms with Crippen LogP contribution in [0.3, 0.4) is 0 Å². The van der Waals surface area contributed by atoms with Gasteiger partial charge in [0.05, 0.1) is 25.1 Å². The van der Waals surface area contributed by atoms with Gasteiger partial charge in [-0.1, -0.05) is 11.6 Å². The molecule has 0 spiro atoms. The quantitative estimate of drug-likeness (QED) is 0.615. The third kappa shape index (κ3) is 5.91. The van der Waals surface area contributed by atoms with Crippen LogP contribution in [0, 0.1) is 5.92 Å². The summed E-state index contributed by atoms with van der Waals surface area (Å²) < 4.78 is 10.2. The summed E-state index contributed by atoms with van der Waals surface area (Å²) in [4.78, 5) is 40.4. The number of halogens is 1. The fraction of sp³-hybridized carbons (Fsp3) is 0.500. The number of fused-ring (bicyclic) bond motifs is 1. The minimum atomic E-state index is -0.641. The zero-order valence-electron chi connectivity index (χ0n) is 18.1. The van der Waals surface area contributed by atoms with Gasteiger partial charge in [-0.15, -0.1) is 0 Å². The number of hydrogen-bond acceptors (Lipinski definition) is 5. The SMILES string of the molecule is COC(=O)[C@@H]1CC[C@H](NC(=O)OC(C)(C)C)[C@H](NC(=O)c2cc3cc(Cl)ccc3[nH]2)C1. The van der Waals surface area contributed by atoms with E-state index in [1.54, 1.807) is 45.0 Å². The largest absolute Gasteiger partial charge is 0.469 e. The predicted molar refractivity (Wildman–Crippen MR) is 117 cm³/mol. The minimum Gasteiger partial charge on any atom is -0.469 e. The normalized spacial score (nSPS) is 21.4. The Morgan fingerprint density at radius 3 is 2.52 bits per heavy atom. The summed E-state index contributed by atoms with van der Waals surface area (Å²) in [6, 6.07) is 6.19. The van der Waals surface area contributed by atoms with Crippen molar-refractivity contribution in [1.82, 2.24) is 15.6 Å². The van der Waals surface area contributed by atoms with Crippen LogP contribution in [0.4, 0.5) is 4.79 Å². The van der Waals surface area contributed by atoms with Gasteiger partial charge in [-0.3, -0.25) is 9.59 Å². The Balaban J connectivity index is 1.76. The first-order valence-corrected chi connectivity index (χ1v) is 10.6. The topological polar surface area (TPSA) is 110 Å². The average molecular weight is 450 g/mol. The third-order valence-electron chi connectivity index (χ3n) is 5.23. The van der Waals surface area contributed by atoms with E-state index in [4.69, 9.17) is 21.1 Å². The fourth-order valence-corrected chi connectivity index (χ4v) is 4.00. The van der Waals surface area contributed by atoms with Crippen LogP contribution < -0.4 is 10.6 Å². The minimum absolute atomic E-state index is 0.324. The monoisotopic (exact) mass is 449 g/mol. The molecule has 1 aliphatic carbocycles. The zero-order chi connectivity index (χ0) is 22.8. The molecule has 1 aromatic carbocycles. The number of ether oxygens (including phenoxy) is 2. The highest BCUT2D eigenvalue weighted by molar-refractivity contribution is 6.31. The highest BCUT2D eigenvalue weighted by atomic mass is 35.5. The van der Waals surface area contributed by atoms with Gasteiger partial charge in [0.1, 0.15) is 11.3 Å². The van der Waals surface area contributed by atoms with Crippen molar-refractivity contribution >= 4 is 40.5 Å². The predicted octanol–water partition coefficient (Wildman–Crippen LogP) is 3.79. The lowest BCUT2D eigenvalue weighted by atomic mass is 9.82. The third-order valence-corrected chi connectivity index (χ3v) is 5.47.